The van der Waals surface area contributed by atoms with E-state index in [-0.39, 0.29) is 5.89 Å². The van der Waals surface area contributed by atoms with Gasteiger partial charge in [-0.3, -0.25) is 4.79 Å². The van der Waals surface area contributed by atoms with Crippen molar-refractivity contribution in [3.63, 3.8) is 0 Å². The number of thioether (sulfide) groups is 1. The largest absolute Gasteiger partial charge is 0.331 e. The number of benzene rings is 1. The number of aldehydes is 1. The summed E-state index contributed by atoms with van der Waals surface area (Å²) < 4.78 is 4.68. The molecule has 0 fully saturated rings. The van der Waals surface area contributed by atoms with E-state index in [1.54, 1.807) is 11.8 Å². The number of rotatable bonds is 4. The zero-order chi connectivity index (χ0) is 11.4. The summed E-state index contributed by atoms with van der Waals surface area (Å²) in [4.78, 5) is 15.4. The number of carbonyl (C=O) groups is 1. The van der Waals surface area contributed by atoms with Crippen molar-refractivity contribution in [1.82, 2.24) is 10.1 Å². The van der Waals surface area contributed by atoms with Gasteiger partial charge in [0.1, 0.15) is 0 Å². The van der Waals surface area contributed by atoms with Crippen molar-refractivity contribution < 1.29 is 9.32 Å². The number of hydrogen-bond acceptors (Lipinski definition) is 5. The summed E-state index contributed by atoms with van der Waals surface area (Å²) in [7, 11) is 0. The summed E-state index contributed by atoms with van der Waals surface area (Å²) in [6, 6.07) is 8.19. The average Bonchev–Trinajstić information content (AvgIpc) is 2.76. The van der Waals surface area contributed by atoms with E-state index >= 15 is 0 Å². The van der Waals surface area contributed by atoms with Crippen molar-refractivity contribution in [3.8, 4) is 0 Å². The fourth-order valence-electron chi connectivity index (χ4n) is 1.16. The van der Waals surface area contributed by atoms with Gasteiger partial charge in [-0.25, -0.2) is 0 Å². The molecule has 0 spiro atoms. The normalized spacial score (nSPS) is 10.3. The van der Waals surface area contributed by atoms with E-state index in [0.29, 0.717) is 17.9 Å². The van der Waals surface area contributed by atoms with E-state index < -0.39 is 0 Å². The molecule has 0 bridgehead atoms. The Morgan fingerprint density at radius 3 is 2.75 bits per heavy atom. The van der Waals surface area contributed by atoms with Gasteiger partial charge in [-0.2, -0.15) is 4.98 Å². The molecule has 0 N–H and O–H groups in total. The standard InChI is InChI=1S/C11H10N2O2S/c1-8-2-4-9(5-3-8)16-7-10-12-11(6-14)15-13-10/h2-6H,7H2,1H3. The minimum atomic E-state index is 0.0273. The summed E-state index contributed by atoms with van der Waals surface area (Å²) in [5, 5.41) is 3.68. The number of hydrogen-bond donors (Lipinski definition) is 0. The fraction of sp³-hybridized carbons (Fsp3) is 0.182. The molecule has 4 nitrogen and oxygen atoms in total. The minimum Gasteiger partial charge on any atom is -0.331 e. The van der Waals surface area contributed by atoms with Crippen LogP contribution in [0.25, 0.3) is 0 Å². The molecule has 5 heteroatoms. The third-order valence-electron chi connectivity index (χ3n) is 1.97. The van der Waals surface area contributed by atoms with Gasteiger partial charge < -0.3 is 4.52 Å². The lowest BCUT2D eigenvalue weighted by molar-refractivity contribution is 0.108. The Kier molecular flexibility index (Phi) is 3.36. The summed E-state index contributed by atoms with van der Waals surface area (Å²) >= 11 is 1.61. The smallest absolute Gasteiger partial charge is 0.290 e. The highest BCUT2D eigenvalue weighted by molar-refractivity contribution is 7.98. The summed E-state index contributed by atoms with van der Waals surface area (Å²) in [5.74, 6) is 1.16. The molecule has 0 unspecified atom stereocenters. The van der Waals surface area contributed by atoms with Crippen LogP contribution >= 0.6 is 11.8 Å². The van der Waals surface area contributed by atoms with Crippen LogP contribution in [0.2, 0.25) is 0 Å². The highest BCUT2D eigenvalue weighted by Gasteiger charge is 2.05. The minimum absolute atomic E-state index is 0.0273. The molecule has 2 aromatic rings. The fourth-order valence-corrected chi connectivity index (χ4v) is 1.90. The molecule has 0 aliphatic heterocycles. The van der Waals surface area contributed by atoms with Crippen molar-refractivity contribution in [1.29, 1.82) is 0 Å². The van der Waals surface area contributed by atoms with Gasteiger partial charge >= 0.3 is 0 Å². The average molecular weight is 234 g/mol. The third kappa shape index (κ3) is 2.70. The lowest BCUT2D eigenvalue weighted by atomic mass is 10.2. The summed E-state index contributed by atoms with van der Waals surface area (Å²) in [6.45, 7) is 2.05. The molecule has 1 heterocycles. The number of aromatic nitrogens is 2. The Hall–Kier alpha value is -1.62. The van der Waals surface area contributed by atoms with Gasteiger partial charge in [0.05, 0.1) is 5.75 Å². The Bertz CT molecular complexity index is 479. The Morgan fingerprint density at radius 1 is 1.38 bits per heavy atom. The van der Waals surface area contributed by atoms with Crippen LogP contribution in [0.3, 0.4) is 0 Å². The van der Waals surface area contributed by atoms with Crippen LogP contribution in [0, 0.1) is 6.92 Å². The SMILES string of the molecule is Cc1ccc(SCc2noc(C=O)n2)cc1. The molecule has 1 aromatic heterocycles. The quantitative estimate of drug-likeness (QED) is 0.601. The van der Waals surface area contributed by atoms with Crippen LogP contribution in [0.5, 0.6) is 0 Å². The van der Waals surface area contributed by atoms with Crippen molar-refractivity contribution in [3.05, 3.63) is 41.5 Å². The maximum Gasteiger partial charge on any atom is 0.290 e. The van der Waals surface area contributed by atoms with Gasteiger partial charge in [-0.1, -0.05) is 22.9 Å². The summed E-state index contributed by atoms with van der Waals surface area (Å²) in [5.41, 5.74) is 1.23. The first-order valence-corrected chi connectivity index (χ1v) is 5.74. The maximum atomic E-state index is 10.3. The predicted molar refractivity (Wildman–Crippen MR) is 60.4 cm³/mol. The lowest BCUT2D eigenvalue weighted by Crippen LogP contribution is -1.85. The topological polar surface area (TPSA) is 56.0 Å². The highest BCUT2D eigenvalue weighted by atomic mass is 32.2. The van der Waals surface area contributed by atoms with Crippen LogP contribution in [-0.4, -0.2) is 16.4 Å². The molecule has 0 atom stereocenters. The van der Waals surface area contributed by atoms with Gasteiger partial charge in [0.25, 0.3) is 5.89 Å². The third-order valence-corrected chi connectivity index (χ3v) is 2.98. The molecule has 0 aliphatic carbocycles. The molecule has 16 heavy (non-hydrogen) atoms. The van der Waals surface area contributed by atoms with E-state index in [1.165, 1.54) is 5.56 Å². The van der Waals surface area contributed by atoms with Crippen molar-refractivity contribution in [2.45, 2.75) is 17.6 Å². The van der Waals surface area contributed by atoms with Crippen LogP contribution in [-0.2, 0) is 5.75 Å². The van der Waals surface area contributed by atoms with Crippen LogP contribution in [0.4, 0.5) is 0 Å². The van der Waals surface area contributed by atoms with E-state index in [4.69, 9.17) is 0 Å². The van der Waals surface area contributed by atoms with E-state index in [1.807, 2.05) is 19.1 Å². The second-order valence-electron chi connectivity index (χ2n) is 3.27. The first kappa shape index (κ1) is 10.9. The first-order valence-electron chi connectivity index (χ1n) is 4.75. The summed E-state index contributed by atoms with van der Waals surface area (Å²) in [6.07, 6.45) is 0.549. The maximum absolute atomic E-state index is 10.3. The van der Waals surface area contributed by atoms with Gasteiger partial charge in [0, 0.05) is 4.90 Å². The molecular weight excluding hydrogens is 224 g/mol. The zero-order valence-corrected chi connectivity index (χ0v) is 9.53. The Morgan fingerprint density at radius 2 is 2.12 bits per heavy atom. The first-order chi connectivity index (χ1) is 7.78. The van der Waals surface area contributed by atoms with Crippen molar-refractivity contribution in [2.24, 2.45) is 0 Å². The van der Waals surface area contributed by atoms with Gasteiger partial charge in [-0.05, 0) is 19.1 Å². The molecule has 0 saturated carbocycles. The molecule has 0 radical (unpaired) electrons. The molecular formula is C11H10N2O2S. The van der Waals surface area contributed by atoms with Gasteiger partial charge in [0.15, 0.2) is 5.82 Å². The highest BCUT2D eigenvalue weighted by Crippen LogP contribution is 2.21. The number of carbonyl (C=O) groups excluding carboxylic acids is 1. The van der Waals surface area contributed by atoms with E-state index in [9.17, 15) is 4.79 Å². The Labute approximate surface area is 97.1 Å². The zero-order valence-electron chi connectivity index (χ0n) is 8.71. The van der Waals surface area contributed by atoms with Crippen LogP contribution < -0.4 is 0 Å². The molecule has 0 aliphatic rings. The second-order valence-corrected chi connectivity index (χ2v) is 4.32. The molecule has 82 valence electrons. The predicted octanol–water partition coefficient (Wildman–Crippen LogP) is 2.48. The van der Waals surface area contributed by atoms with Crippen molar-refractivity contribution >= 4 is 18.0 Å². The van der Waals surface area contributed by atoms with Crippen LogP contribution in [0.1, 0.15) is 22.1 Å². The Balaban J connectivity index is 1.96. The van der Waals surface area contributed by atoms with E-state index in [2.05, 4.69) is 26.8 Å². The number of nitrogens with zero attached hydrogens (tertiary/aromatic N) is 2. The van der Waals surface area contributed by atoms with Gasteiger partial charge in [-0.15, -0.1) is 11.8 Å². The van der Waals surface area contributed by atoms with Gasteiger partial charge in [0.2, 0.25) is 6.29 Å². The molecule has 0 saturated heterocycles. The molecule has 2 rings (SSSR count). The molecule has 0 amide bonds. The lowest BCUT2D eigenvalue weighted by Gasteiger charge is -1.98. The number of aryl methyl sites for hydroxylation is 1. The molecule has 1 aromatic carbocycles. The monoisotopic (exact) mass is 234 g/mol. The second kappa shape index (κ2) is 4.94. The van der Waals surface area contributed by atoms with E-state index in [0.717, 1.165) is 4.90 Å². The van der Waals surface area contributed by atoms with Crippen LogP contribution in [0.15, 0.2) is 33.7 Å². The van der Waals surface area contributed by atoms with Crippen molar-refractivity contribution in [2.75, 3.05) is 0 Å².